The Balaban J connectivity index is 2.14. The van der Waals surface area contributed by atoms with Crippen molar-refractivity contribution in [2.45, 2.75) is 40.0 Å². The highest BCUT2D eigenvalue weighted by molar-refractivity contribution is 5.57. The van der Waals surface area contributed by atoms with Gasteiger partial charge in [-0.2, -0.15) is 0 Å². The summed E-state index contributed by atoms with van der Waals surface area (Å²) < 4.78 is 0. The molecule has 4 rings (SSSR count). The monoisotopic (exact) mass is 392 g/mol. The van der Waals surface area contributed by atoms with Gasteiger partial charge in [0, 0.05) is 5.92 Å². The van der Waals surface area contributed by atoms with E-state index in [0.717, 1.165) is 0 Å². The molecule has 0 radical (unpaired) electrons. The Bertz CT molecular complexity index is 999. The fourth-order valence-electron chi connectivity index (χ4n) is 5.15. The fraction of sp³-hybridized carbons (Fsp3) is 0.267. The minimum Gasteiger partial charge on any atom is -0.0758 e. The molecule has 1 unspecified atom stereocenters. The van der Waals surface area contributed by atoms with Crippen molar-refractivity contribution in [3.05, 3.63) is 130 Å². The number of benzene rings is 3. The third-order valence-electron chi connectivity index (χ3n) is 6.50. The summed E-state index contributed by atoms with van der Waals surface area (Å²) in [5, 5.41) is 0. The minimum atomic E-state index is -0.271. The maximum Gasteiger partial charge on any atom is 0.0551 e. The highest BCUT2D eigenvalue weighted by Crippen LogP contribution is 2.51. The molecule has 0 N–H and O–H groups in total. The molecule has 1 aliphatic rings. The van der Waals surface area contributed by atoms with Crippen LogP contribution in [-0.4, -0.2) is 0 Å². The molecule has 0 fully saturated rings. The van der Waals surface area contributed by atoms with E-state index in [-0.39, 0.29) is 11.3 Å². The van der Waals surface area contributed by atoms with Gasteiger partial charge in [-0.3, -0.25) is 0 Å². The van der Waals surface area contributed by atoms with Crippen LogP contribution in [0, 0.1) is 32.6 Å². The molecule has 1 atom stereocenters. The summed E-state index contributed by atoms with van der Waals surface area (Å²) in [6.45, 7) is 11.2. The van der Waals surface area contributed by atoms with Gasteiger partial charge < -0.3 is 0 Å². The first-order valence-electron chi connectivity index (χ1n) is 11.0. The van der Waals surface area contributed by atoms with Gasteiger partial charge in [-0.15, -0.1) is 0 Å². The Morgan fingerprint density at radius 3 is 1.47 bits per heavy atom. The van der Waals surface area contributed by atoms with Crippen molar-refractivity contribution in [3.63, 3.8) is 0 Å². The molecule has 0 amide bonds. The number of hydrogen-bond donors (Lipinski definition) is 0. The quantitative estimate of drug-likeness (QED) is 0.390. The summed E-state index contributed by atoms with van der Waals surface area (Å²) in [5.41, 5.74) is 9.22. The largest absolute Gasteiger partial charge is 0.0758 e. The topological polar surface area (TPSA) is 0 Å². The predicted molar refractivity (Wildman–Crippen MR) is 129 cm³/mol. The van der Waals surface area contributed by atoms with E-state index in [1.165, 1.54) is 39.0 Å². The first kappa shape index (κ1) is 20.4. The molecular formula is C30H32. The molecule has 1 aliphatic carbocycles. The molecule has 0 bridgehead atoms. The average Bonchev–Trinajstić information content (AvgIpc) is 3.19. The standard InChI is InChI=1S/C30H32/c1-21(2)28-16-9-17-29(28)30(25-13-6-10-22(3)18-25,26-14-7-11-23(4)19-26)27-15-8-12-24(5)20-27/h6-21,29H,1-5H3. The van der Waals surface area contributed by atoms with Gasteiger partial charge in [0.1, 0.15) is 0 Å². The SMILES string of the molecule is Cc1cccc(C(c2cccc(C)c2)(c2cccc(C)c2)C2C=CC=C2C(C)C)c1. The molecular weight excluding hydrogens is 360 g/mol. The summed E-state index contributed by atoms with van der Waals surface area (Å²) in [4.78, 5) is 0. The summed E-state index contributed by atoms with van der Waals surface area (Å²) in [6, 6.07) is 27.3. The molecule has 0 nitrogen and oxygen atoms in total. The third kappa shape index (κ3) is 3.45. The number of hydrogen-bond acceptors (Lipinski definition) is 0. The molecule has 0 heterocycles. The smallest absolute Gasteiger partial charge is 0.0551 e. The van der Waals surface area contributed by atoms with Crippen LogP contribution >= 0.6 is 0 Å². The van der Waals surface area contributed by atoms with Crippen molar-refractivity contribution < 1.29 is 0 Å². The van der Waals surface area contributed by atoms with Crippen LogP contribution in [0.5, 0.6) is 0 Å². The number of allylic oxidation sites excluding steroid dienone is 4. The highest BCUT2D eigenvalue weighted by atomic mass is 14.5. The van der Waals surface area contributed by atoms with E-state index < -0.39 is 0 Å². The third-order valence-corrected chi connectivity index (χ3v) is 6.50. The van der Waals surface area contributed by atoms with Crippen LogP contribution in [0.1, 0.15) is 47.2 Å². The maximum atomic E-state index is 2.42. The maximum absolute atomic E-state index is 2.42. The second-order valence-electron chi connectivity index (χ2n) is 9.10. The predicted octanol–water partition coefficient (Wildman–Crippen LogP) is 7.71. The number of aryl methyl sites for hydroxylation is 3. The average molecular weight is 393 g/mol. The molecule has 0 aromatic heterocycles. The molecule has 0 heteroatoms. The van der Waals surface area contributed by atoms with Gasteiger partial charge in [-0.25, -0.2) is 0 Å². The zero-order valence-corrected chi connectivity index (χ0v) is 18.8. The van der Waals surface area contributed by atoms with Crippen molar-refractivity contribution in [3.8, 4) is 0 Å². The lowest BCUT2D eigenvalue weighted by Gasteiger charge is -2.43. The van der Waals surface area contributed by atoms with Crippen molar-refractivity contribution in [2.24, 2.45) is 11.8 Å². The lowest BCUT2D eigenvalue weighted by atomic mass is 9.59. The van der Waals surface area contributed by atoms with E-state index in [9.17, 15) is 0 Å². The normalized spacial score (nSPS) is 16.2. The summed E-state index contributed by atoms with van der Waals surface area (Å²) in [7, 11) is 0. The second kappa shape index (κ2) is 8.11. The summed E-state index contributed by atoms with van der Waals surface area (Å²) in [6.07, 6.45) is 7.02. The molecule has 30 heavy (non-hydrogen) atoms. The van der Waals surface area contributed by atoms with Crippen LogP contribution in [0.15, 0.2) is 96.6 Å². The summed E-state index contributed by atoms with van der Waals surface area (Å²) >= 11 is 0. The van der Waals surface area contributed by atoms with Gasteiger partial charge in [0.25, 0.3) is 0 Å². The Labute approximate surface area is 182 Å². The van der Waals surface area contributed by atoms with E-state index in [1.807, 2.05) is 0 Å². The van der Waals surface area contributed by atoms with Gasteiger partial charge in [0.2, 0.25) is 0 Å². The van der Waals surface area contributed by atoms with Crippen molar-refractivity contribution >= 4 is 0 Å². The molecule has 0 aliphatic heterocycles. The Hall–Kier alpha value is -2.86. The molecule has 0 saturated carbocycles. The van der Waals surface area contributed by atoms with Crippen molar-refractivity contribution in [2.75, 3.05) is 0 Å². The number of rotatable bonds is 5. The zero-order valence-electron chi connectivity index (χ0n) is 18.8. The first-order valence-corrected chi connectivity index (χ1v) is 11.0. The van der Waals surface area contributed by atoms with E-state index in [0.29, 0.717) is 5.92 Å². The van der Waals surface area contributed by atoms with E-state index in [1.54, 1.807) is 0 Å². The van der Waals surface area contributed by atoms with Crippen molar-refractivity contribution in [1.29, 1.82) is 0 Å². The Morgan fingerprint density at radius 1 is 0.667 bits per heavy atom. The lowest BCUT2D eigenvalue weighted by Crippen LogP contribution is -2.38. The van der Waals surface area contributed by atoms with Crippen LogP contribution in [0.25, 0.3) is 0 Å². The van der Waals surface area contributed by atoms with E-state index in [4.69, 9.17) is 0 Å². The van der Waals surface area contributed by atoms with E-state index >= 15 is 0 Å². The van der Waals surface area contributed by atoms with Gasteiger partial charge >= 0.3 is 0 Å². The van der Waals surface area contributed by atoms with Crippen LogP contribution < -0.4 is 0 Å². The van der Waals surface area contributed by atoms with E-state index in [2.05, 4.69) is 126 Å². The lowest BCUT2D eigenvalue weighted by molar-refractivity contribution is 0.472. The van der Waals surface area contributed by atoms with Crippen LogP contribution in [0.4, 0.5) is 0 Å². The molecule has 0 spiro atoms. The van der Waals surface area contributed by atoms with Crippen LogP contribution in [-0.2, 0) is 5.41 Å². The minimum absolute atomic E-state index is 0.271. The molecule has 152 valence electrons. The molecule has 3 aromatic carbocycles. The van der Waals surface area contributed by atoms with Gasteiger partial charge in [-0.1, -0.05) is 127 Å². The molecule has 0 saturated heterocycles. The first-order chi connectivity index (χ1) is 14.4. The zero-order chi connectivity index (χ0) is 21.3. The van der Waals surface area contributed by atoms with Crippen molar-refractivity contribution in [1.82, 2.24) is 0 Å². The fourth-order valence-corrected chi connectivity index (χ4v) is 5.15. The van der Waals surface area contributed by atoms with Gasteiger partial charge in [0.15, 0.2) is 0 Å². The highest BCUT2D eigenvalue weighted by Gasteiger charge is 2.45. The Morgan fingerprint density at radius 2 is 1.10 bits per heavy atom. The summed E-state index contributed by atoms with van der Waals surface area (Å²) in [5.74, 6) is 0.770. The molecule has 3 aromatic rings. The Kier molecular flexibility index (Phi) is 5.52. The van der Waals surface area contributed by atoms with Gasteiger partial charge in [-0.05, 0) is 43.4 Å². The van der Waals surface area contributed by atoms with Gasteiger partial charge in [0.05, 0.1) is 5.41 Å². The van der Waals surface area contributed by atoms with Crippen LogP contribution in [0.2, 0.25) is 0 Å². The second-order valence-corrected chi connectivity index (χ2v) is 9.10. The van der Waals surface area contributed by atoms with Crippen LogP contribution in [0.3, 0.4) is 0 Å².